The van der Waals surface area contributed by atoms with Crippen LogP contribution in [0, 0.1) is 6.92 Å². The van der Waals surface area contributed by atoms with Crippen molar-refractivity contribution in [3.05, 3.63) is 139 Å². The van der Waals surface area contributed by atoms with Gasteiger partial charge >= 0.3 is 0 Å². The van der Waals surface area contributed by atoms with Crippen molar-refractivity contribution in [1.29, 1.82) is 0 Å². The van der Waals surface area contributed by atoms with Gasteiger partial charge in [-0.1, -0.05) is 72.8 Å². The molecule has 1 N–H and O–H groups in total. The highest BCUT2D eigenvalue weighted by Gasteiger charge is 2.12. The summed E-state index contributed by atoms with van der Waals surface area (Å²) in [5, 5.41) is 3.44. The van der Waals surface area contributed by atoms with Crippen molar-refractivity contribution in [2.24, 2.45) is 0 Å². The molecule has 0 aromatic heterocycles. The van der Waals surface area contributed by atoms with Crippen molar-refractivity contribution in [2.75, 3.05) is 10.2 Å². The molecule has 0 aliphatic rings. The van der Waals surface area contributed by atoms with Crippen LogP contribution in [0.15, 0.2) is 133 Å². The lowest BCUT2D eigenvalue weighted by Crippen LogP contribution is -2.09. The predicted molar refractivity (Wildman–Crippen MR) is 141 cm³/mol. The second-order valence-corrected chi connectivity index (χ2v) is 8.13. The van der Waals surface area contributed by atoms with Gasteiger partial charge in [0.05, 0.1) is 0 Å². The number of nitrogens with zero attached hydrogens (tertiary/aromatic N) is 1. The highest BCUT2D eigenvalue weighted by molar-refractivity contribution is 5.78. The van der Waals surface area contributed by atoms with Gasteiger partial charge in [0.15, 0.2) is 0 Å². The predicted octanol–water partition coefficient (Wildman–Crippen LogP) is 8.88. The summed E-state index contributed by atoms with van der Waals surface area (Å²) >= 11 is 0. The zero-order valence-electron chi connectivity index (χ0n) is 18.6. The number of para-hydroxylation sites is 2. The molecule has 5 rings (SSSR count). The summed E-state index contributed by atoms with van der Waals surface area (Å²) in [6, 6.07) is 46.7. The van der Waals surface area contributed by atoms with Crippen LogP contribution in [0.1, 0.15) is 5.56 Å². The van der Waals surface area contributed by atoms with E-state index in [1.165, 1.54) is 16.7 Å². The third-order valence-electron chi connectivity index (χ3n) is 5.68. The Morgan fingerprint density at radius 3 is 1.61 bits per heavy atom. The number of anilines is 5. The van der Waals surface area contributed by atoms with Gasteiger partial charge in [0, 0.05) is 28.4 Å². The normalized spacial score (nSPS) is 10.6. The first-order chi connectivity index (χ1) is 16.3. The van der Waals surface area contributed by atoms with E-state index in [9.17, 15) is 0 Å². The second-order valence-electron chi connectivity index (χ2n) is 8.13. The van der Waals surface area contributed by atoms with Gasteiger partial charge in [-0.25, -0.2) is 0 Å². The summed E-state index contributed by atoms with van der Waals surface area (Å²) in [6.07, 6.45) is 0. The van der Waals surface area contributed by atoms with E-state index in [0.29, 0.717) is 0 Å². The summed E-state index contributed by atoms with van der Waals surface area (Å²) in [6.45, 7) is 2.13. The molecule has 0 saturated carbocycles. The minimum Gasteiger partial charge on any atom is -0.356 e. The first-order valence-corrected chi connectivity index (χ1v) is 11.2. The van der Waals surface area contributed by atoms with E-state index in [-0.39, 0.29) is 0 Å². The summed E-state index contributed by atoms with van der Waals surface area (Å²) in [5.41, 5.74) is 9.25. The molecule has 2 nitrogen and oxygen atoms in total. The van der Waals surface area contributed by atoms with Crippen LogP contribution in [0.4, 0.5) is 28.4 Å². The number of rotatable bonds is 6. The zero-order chi connectivity index (χ0) is 22.5. The van der Waals surface area contributed by atoms with Gasteiger partial charge in [0.1, 0.15) is 0 Å². The maximum atomic E-state index is 3.44. The molecule has 0 fully saturated rings. The first kappa shape index (κ1) is 20.6. The number of hydrogen-bond acceptors (Lipinski definition) is 2. The molecule has 0 amide bonds. The molecule has 0 unspecified atom stereocenters. The third-order valence-corrected chi connectivity index (χ3v) is 5.68. The standard InChI is InChI=1S/C31H26N2/c1-24-9-8-14-31(23-24)33(29-12-6-3-7-13-29)30-21-17-26(18-22-30)25-15-19-28(20-16-25)32-27-10-4-2-5-11-27/h2-23,32H,1H3. The van der Waals surface area contributed by atoms with Crippen LogP contribution in [0.3, 0.4) is 0 Å². The Hall–Kier alpha value is -4.30. The average Bonchev–Trinajstić information content (AvgIpc) is 2.87. The van der Waals surface area contributed by atoms with Crippen LogP contribution in [-0.4, -0.2) is 0 Å². The fourth-order valence-corrected chi connectivity index (χ4v) is 4.03. The fourth-order valence-electron chi connectivity index (χ4n) is 4.03. The Kier molecular flexibility index (Phi) is 5.90. The molecule has 0 spiro atoms. The Balaban J connectivity index is 1.41. The molecule has 0 aliphatic heterocycles. The van der Waals surface area contributed by atoms with Gasteiger partial charge in [0.25, 0.3) is 0 Å². The molecule has 5 aromatic carbocycles. The van der Waals surface area contributed by atoms with Crippen molar-refractivity contribution < 1.29 is 0 Å². The summed E-state index contributed by atoms with van der Waals surface area (Å²) in [5.74, 6) is 0. The number of nitrogens with one attached hydrogen (secondary N) is 1. The Morgan fingerprint density at radius 1 is 0.455 bits per heavy atom. The van der Waals surface area contributed by atoms with E-state index in [1.807, 2.05) is 18.2 Å². The van der Waals surface area contributed by atoms with Crippen LogP contribution >= 0.6 is 0 Å². The molecule has 160 valence electrons. The van der Waals surface area contributed by atoms with Crippen molar-refractivity contribution in [2.45, 2.75) is 6.92 Å². The lowest BCUT2D eigenvalue weighted by molar-refractivity contribution is 1.27. The van der Waals surface area contributed by atoms with Crippen LogP contribution in [-0.2, 0) is 0 Å². The molecular formula is C31H26N2. The molecule has 0 saturated heterocycles. The van der Waals surface area contributed by atoms with Gasteiger partial charge in [-0.2, -0.15) is 0 Å². The lowest BCUT2D eigenvalue weighted by atomic mass is 10.0. The van der Waals surface area contributed by atoms with Gasteiger partial charge in [0.2, 0.25) is 0 Å². The Morgan fingerprint density at radius 2 is 0.970 bits per heavy atom. The first-order valence-electron chi connectivity index (χ1n) is 11.2. The fraction of sp³-hybridized carbons (Fsp3) is 0.0323. The van der Waals surface area contributed by atoms with E-state index < -0.39 is 0 Å². The molecule has 0 bridgehead atoms. The maximum absolute atomic E-state index is 3.44. The van der Waals surface area contributed by atoms with Crippen LogP contribution in [0.5, 0.6) is 0 Å². The monoisotopic (exact) mass is 426 g/mol. The summed E-state index contributed by atoms with van der Waals surface area (Å²) < 4.78 is 0. The van der Waals surface area contributed by atoms with Crippen molar-refractivity contribution >= 4 is 28.4 Å². The van der Waals surface area contributed by atoms with Crippen LogP contribution < -0.4 is 10.2 Å². The number of hydrogen-bond donors (Lipinski definition) is 1. The van der Waals surface area contributed by atoms with E-state index in [4.69, 9.17) is 0 Å². The highest BCUT2D eigenvalue weighted by Crippen LogP contribution is 2.35. The van der Waals surface area contributed by atoms with Gasteiger partial charge in [-0.3, -0.25) is 0 Å². The summed E-state index contributed by atoms with van der Waals surface area (Å²) in [7, 11) is 0. The Labute approximate surface area is 195 Å². The van der Waals surface area contributed by atoms with Crippen molar-refractivity contribution in [1.82, 2.24) is 0 Å². The largest absolute Gasteiger partial charge is 0.356 e. The molecule has 0 atom stereocenters. The van der Waals surface area contributed by atoms with E-state index >= 15 is 0 Å². The minimum atomic E-state index is 1.08. The molecule has 0 aliphatic carbocycles. The van der Waals surface area contributed by atoms with Crippen molar-refractivity contribution in [3.63, 3.8) is 0 Å². The average molecular weight is 427 g/mol. The molecular weight excluding hydrogens is 400 g/mol. The van der Waals surface area contributed by atoms with E-state index in [0.717, 1.165) is 28.4 Å². The summed E-state index contributed by atoms with van der Waals surface area (Å²) in [4.78, 5) is 2.30. The van der Waals surface area contributed by atoms with Gasteiger partial charge in [-0.15, -0.1) is 0 Å². The minimum absolute atomic E-state index is 1.08. The van der Waals surface area contributed by atoms with Gasteiger partial charge < -0.3 is 10.2 Å². The molecule has 0 heterocycles. The van der Waals surface area contributed by atoms with Crippen LogP contribution in [0.2, 0.25) is 0 Å². The second kappa shape index (κ2) is 9.46. The third kappa shape index (κ3) is 4.81. The molecule has 2 heteroatoms. The van der Waals surface area contributed by atoms with Crippen molar-refractivity contribution in [3.8, 4) is 11.1 Å². The topological polar surface area (TPSA) is 15.3 Å². The van der Waals surface area contributed by atoms with E-state index in [2.05, 4.69) is 132 Å². The highest BCUT2D eigenvalue weighted by atomic mass is 15.1. The van der Waals surface area contributed by atoms with E-state index in [1.54, 1.807) is 0 Å². The Bertz CT molecular complexity index is 1310. The smallest absolute Gasteiger partial charge is 0.0464 e. The number of benzene rings is 5. The van der Waals surface area contributed by atoms with Gasteiger partial charge in [-0.05, 0) is 84.3 Å². The zero-order valence-corrected chi connectivity index (χ0v) is 18.6. The lowest BCUT2D eigenvalue weighted by Gasteiger charge is -2.26. The maximum Gasteiger partial charge on any atom is 0.0464 e. The number of aryl methyl sites for hydroxylation is 1. The van der Waals surface area contributed by atoms with Crippen LogP contribution in [0.25, 0.3) is 11.1 Å². The molecule has 0 radical (unpaired) electrons. The molecule has 33 heavy (non-hydrogen) atoms. The SMILES string of the molecule is Cc1cccc(N(c2ccccc2)c2ccc(-c3ccc(Nc4ccccc4)cc3)cc2)c1. The molecule has 5 aromatic rings. The quantitative estimate of drug-likeness (QED) is 0.292.